The molecule has 0 amide bonds. The molecule has 0 radical (unpaired) electrons. The standard InChI is InChI=1S/C17H37N3O/c1-9-10-18-15-14(13-20(8)12-11-19(6)7)16(2,3)21-17(15,4)5/h14-15,18H,9-13H2,1-8H3. The number of nitrogens with one attached hydrogen (secondary N) is 1. The Balaban J connectivity index is 2.73. The Morgan fingerprint density at radius 1 is 1.00 bits per heavy atom. The summed E-state index contributed by atoms with van der Waals surface area (Å²) in [6.45, 7) is 15.5. The van der Waals surface area contributed by atoms with Crippen LogP contribution in [0.25, 0.3) is 0 Å². The first kappa shape index (κ1) is 18.9. The number of nitrogens with zero attached hydrogens (tertiary/aromatic N) is 2. The zero-order valence-corrected chi connectivity index (χ0v) is 15.5. The van der Waals surface area contributed by atoms with E-state index in [-0.39, 0.29) is 11.2 Å². The van der Waals surface area contributed by atoms with Gasteiger partial charge in [-0.15, -0.1) is 0 Å². The fourth-order valence-corrected chi connectivity index (χ4v) is 3.51. The third-order valence-electron chi connectivity index (χ3n) is 4.62. The van der Waals surface area contributed by atoms with Gasteiger partial charge in [-0.3, -0.25) is 0 Å². The smallest absolute Gasteiger partial charge is 0.0790 e. The maximum Gasteiger partial charge on any atom is 0.0790 e. The molecule has 1 saturated heterocycles. The molecule has 2 unspecified atom stereocenters. The van der Waals surface area contributed by atoms with Crippen LogP contribution < -0.4 is 5.32 Å². The van der Waals surface area contributed by atoms with Crippen molar-refractivity contribution in [2.75, 3.05) is 47.3 Å². The molecule has 4 heteroatoms. The first-order chi connectivity index (χ1) is 9.60. The van der Waals surface area contributed by atoms with Crippen LogP contribution in [0.1, 0.15) is 41.0 Å². The molecule has 0 bridgehead atoms. The normalized spacial score (nSPS) is 27.7. The third kappa shape index (κ3) is 5.20. The van der Waals surface area contributed by atoms with Gasteiger partial charge in [0.25, 0.3) is 0 Å². The van der Waals surface area contributed by atoms with Gasteiger partial charge in [0, 0.05) is 31.6 Å². The lowest BCUT2D eigenvalue weighted by Crippen LogP contribution is -2.51. The minimum Gasteiger partial charge on any atom is -0.368 e. The van der Waals surface area contributed by atoms with Crippen LogP contribution in [0.4, 0.5) is 0 Å². The zero-order chi connectivity index (χ0) is 16.3. The Morgan fingerprint density at radius 3 is 2.14 bits per heavy atom. The zero-order valence-electron chi connectivity index (χ0n) is 15.5. The van der Waals surface area contributed by atoms with Crippen LogP contribution in [0, 0.1) is 5.92 Å². The van der Waals surface area contributed by atoms with Crippen molar-refractivity contribution >= 4 is 0 Å². The summed E-state index contributed by atoms with van der Waals surface area (Å²) in [5, 5.41) is 3.74. The van der Waals surface area contributed by atoms with Crippen molar-refractivity contribution in [3.8, 4) is 0 Å². The second kappa shape index (κ2) is 7.40. The Kier molecular flexibility index (Phi) is 6.66. The number of ether oxygens (including phenoxy) is 1. The predicted octanol–water partition coefficient (Wildman–Crippen LogP) is 2.05. The topological polar surface area (TPSA) is 27.7 Å². The van der Waals surface area contributed by atoms with Crippen LogP contribution in [0.15, 0.2) is 0 Å². The highest BCUT2D eigenvalue weighted by Gasteiger charge is 2.53. The summed E-state index contributed by atoms with van der Waals surface area (Å²) in [6, 6.07) is 0.411. The van der Waals surface area contributed by atoms with Crippen LogP contribution in [0.3, 0.4) is 0 Å². The van der Waals surface area contributed by atoms with Crippen molar-refractivity contribution in [2.45, 2.75) is 58.3 Å². The molecule has 0 aromatic rings. The van der Waals surface area contributed by atoms with E-state index in [2.05, 4.69) is 70.9 Å². The average Bonchev–Trinajstić information content (AvgIpc) is 2.50. The van der Waals surface area contributed by atoms with Gasteiger partial charge in [0.1, 0.15) is 0 Å². The average molecular weight is 300 g/mol. The van der Waals surface area contributed by atoms with E-state index >= 15 is 0 Å². The van der Waals surface area contributed by atoms with Gasteiger partial charge >= 0.3 is 0 Å². The van der Waals surface area contributed by atoms with Gasteiger partial charge in [-0.1, -0.05) is 6.92 Å². The van der Waals surface area contributed by atoms with Crippen LogP contribution in [0.5, 0.6) is 0 Å². The van der Waals surface area contributed by atoms with Crippen molar-refractivity contribution < 1.29 is 4.74 Å². The highest BCUT2D eigenvalue weighted by atomic mass is 16.5. The molecule has 1 rings (SSSR count). The van der Waals surface area contributed by atoms with Gasteiger partial charge in [-0.2, -0.15) is 0 Å². The molecule has 1 N–H and O–H groups in total. The molecule has 1 aliphatic heterocycles. The Morgan fingerprint density at radius 2 is 1.62 bits per heavy atom. The Bertz CT molecular complexity index is 315. The molecule has 1 aliphatic rings. The van der Waals surface area contributed by atoms with Gasteiger partial charge in [0.2, 0.25) is 0 Å². The third-order valence-corrected chi connectivity index (χ3v) is 4.62. The molecule has 1 fully saturated rings. The van der Waals surface area contributed by atoms with Crippen LogP contribution in [-0.4, -0.2) is 74.4 Å². The second-order valence-electron chi connectivity index (χ2n) is 7.91. The summed E-state index contributed by atoms with van der Waals surface area (Å²) in [4.78, 5) is 4.68. The maximum atomic E-state index is 6.39. The first-order valence-corrected chi connectivity index (χ1v) is 8.37. The number of rotatable bonds is 8. The van der Waals surface area contributed by atoms with Gasteiger partial charge in [-0.05, 0) is 61.8 Å². The van der Waals surface area contributed by atoms with Crippen LogP contribution in [0.2, 0.25) is 0 Å². The molecule has 2 atom stereocenters. The van der Waals surface area contributed by atoms with Crippen LogP contribution in [-0.2, 0) is 4.74 Å². The van der Waals surface area contributed by atoms with E-state index in [1.165, 1.54) is 0 Å². The first-order valence-electron chi connectivity index (χ1n) is 8.37. The van der Waals surface area contributed by atoms with E-state index in [9.17, 15) is 0 Å². The molecule has 0 aromatic carbocycles. The summed E-state index contributed by atoms with van der Waals surface area (Å²) in [7, 11) is 6.48. The molecule has 4 nitrogen and oxygen atoms in total. The predicted molar refractivity (Wildman–Crippen MR) is 90.9 cm³/mol. The molecule has 1 heterocycles. The SMILES string of the molecule is CCCNC1C(CN(C)CCN(C)C)C(C)(C)OC1(C)C. The van der Waals surface area contributed by atoms with E-state index in [4.69, 9.17) is 4.74 Å². The number of hydrogen-bond acceptors (Lipinski definition) is 4. The second-order valence-corrected chi connectivity index (χ2v) is 7.91. The quantitative estimate of drug-likeness (QED) is 0.742. The summed E-state index contributed by atoms with van der Waals surface area (Å²) < 4.78 is 6.39. The van der Waals surface area contributed by atoms with Crippen LogP contribution >= 0.6 is 0 Å². The van der Waals surface area contributed by atoms with E-state index in [0.717, 1.165) is 32.6 Å². The summed E-state index contributed by atoms with van der Waals surface area (Å²) in [6.07, 6.45) is 1.16. The van der Waals surface area contributed by atoms with Gasteiger partial charge in [0.05, 0.1) is 11.2 Å². The molecule has 0 aliphatic carbocycles. The summed E-state index contributed by atoms with van der Waals surface area (Å²) in [5.41, 5.74) is -0.187. The minimum atomic E-state index is -0.105. The summed E-state index contributed by atoms with van der Waals surface area (Å²) >= 11 is 0. The Labute approximate surface area is 132 Å². The van der Waals surface area contributed by atoms with Gasteiger partial charge in [-0.25, -0.2) is 0 Å². The lowest BCUT2D eigenvalue weighted by Gasteiger charge is -2.33. The fraction of sp³-hybridized carbons (Fsp3) is 1.00. The van der Waals surface area contributed by atoms with E-state index in [1.54, 1.807) is 0 Å². The molecule has 0 saturated carbocycles. The molecule has 0 aromatic heterocycles. The van der Waals surface area contributed by atoms with Crippen molar-refractivity contribution in [3.63, 3.8) is 0 Å². The molecule has 21 heavy (non-hydrogen) atoms. The van der Waals surface area contributed by atoms with Crippen molar-refractivity contribution in [3.05, 3.63) is 0 Å². The molecular formula is C17H37N3O. The van der Waals surface area contributed by atoms with Gasteiger partial charge < -0.3 is 19.9 Å². The van der Waals surface area contributed by atoms with E-state index < -0.39 is 0 Å². The van der Waals surface area contributed by atoms with E-state index in [0.29, 0.717) is 12.0 Å². The number of hydrogen-bond donors (Lipinski definition) is 1. The fourth-order valence-electron chi connectivity index (χ4n) is 3.51. The lowest BCUT2D eigenvalue weighted by molar-refractivity contribution is -0.0792. The van der Waals surface area contributed by atoms with E-state index in [1.807, 2.05) is 0 Å². The Hall–Kier alpha value is -0.160. The van der Waals surface area contributed by atoms with Gasteiger partial charge in [0.15, 0.2) is 0 Å². The lowest BCUT2D eigenvalue weighted by atomic mass is 9.82. The molecule has 0 spiro atoms. The summed E-state index contributed by atoms with van der Waals surface area (Å²) in [5.74, 6) is 0.506. The highest BCUT2D eigenvalue weighted by molar-refractivity contribution is 5.06. The monoisotopic (exact) mass is 299 g/mol. The minimum absolute atomic E-state index is 0.0821. The maximum absolute atomic E-state index is 6.39. The number of likely N-dealkylation sites (N-methyl/N-ethyl adjacent to an activating group) is 2. The molecular weight excluding hydrogens is 262 g/mol. The largest absolute Gasteiger partial charge is 0.368 e. The highest BCUT2D eigenvalue weighted by Crippen LogP contribution is 2.42. The van der Waals surface area contributed by atoms with Crippen molar-refractivity contribution in [1.82, 2.24) is 15.1 Å². The van der Waals surface area contributed by atoms with Crippen molar-refractivity contribution in [1.29, 1.82) is 0 Å². The molecule has 126 valence electrons. The van der Waals surface area contributed by atoms with Crippen molar-refractivity contribution in [2.24, 2.45) is 5.92 Å².